The summed E-state index contributed by atoms with van der Waals surface area (Å²) in [6.45, 7) is 1.38. The summed E-state index contributed by atoms with van der Waals surface area (Å²) in [5.74, 6) is -2.22. The molecule has 0 bridgehead atoms. The third kappa shape index (κ3) is 5.15. The molecule has 0 saturated carbocycles. The lowest BCUT2D eigenvalue weighted by Gasteiger charge is -2.53. The highest BCUT2D eigenvalue weighted by molar-refractivity contribution is 7.80. The van der Waals surface area contributed by atoms with E-state index in [4.69, 9.17) is 13.9 Å². The van der Waals surface area contributed by atoms with E-state index in [1.54, 1.807) is 49.4 Å². The molecule has 2 heterocycles. The van der Waals surface area contributed by atoms with Gasteiger partial charge in [-0.15, -0.1) is 0 Å². The molecule has 11 heteroatoms. The van der Waals surface area contributed by atoms with Gasteiger partial charge in [-0.25, -0.2) is 9.59 Å². The smallest absolute Gasteiger partial charge is 0.352 e. The van der Waals surface area contributed by atoms with E-state index in [2.05, 4.69) is 17.9 Å². The zero-order valence-corrected chi connectivity index (χ0v) is 21.6. The molecule has 1 aromatic heterocycles. The molecule has 10 nitrogen and oxygen atoms in total. The molecular weight excluding hydrogens is 512 g/mol. The quantitative estimate of drug-likeness (QED) is 0.118. The molecule has 0 radical (unpaired) electrons. The fourth-order valence-corrected chi connectivity index (χ4v) is 4.60. The molecule has 2 N–H and O–H groups in total. The molecule has 198 valence electrons. The Hall–Kier alpha value is -4.09. The summed E-state index contributed by atoms with van der Waals surface area (Å²) in [4.78, 5) is 50.9. The molecule has 3 aromatic rings. The van der Waals surface area contributed by atoms with Crippen LogP contribution in [0.3, 0.4) is 0 Å². The average Bonchev–Trinajstić information content (AvgIpc) is 2.91. The van der Waals surface area contributed by atoms with Crippen molar-refractivity contribution in [2.45, 2.75) is 25.1 Å². The fourth-order valence-electron chi connectivity index (χ4n) is 4.36. The van der Waals surface area contributed by atoms with E-state index < -0.39 is 35.2 Å². The maximum absolute atomic E-state index is 13.3. The number of aliphatic carboxylic acids is 1. The first-order valence-electron chi connectivity index (χ1n) is 11.7. The van der Waals surface area contributed by atoms with Crippen LogP contribution in [0.1, 0.15) is 12.5 Å². The Morgan fingerprint density at radius 3 is 2.47 bits per heavy atom. The molecule has 1 aliphatic rings. The van der Waals surface area contributed by atoms with Crippen LogP contribution >= 0.6 is 12.6 Å². The largest absolute Gasteiger partial charge is 0.489 e. The monoisotopic (exact) mass is 538 g/mol. The minimum Gasteiger partial charge on any atom is -0.489 e. The molecule has 1 fully saturated rings. The normalized spacial score (nSPS) is 19.5. The topological polar surface area (TPSA) is 135 Å². The van der Waals surface area contributed by atoms with Crippen LogP contribution in [0.15, 0.2) is 81.1 Å². The Morgan fingerprint density at radius 1 is 1.13 bits per heavy atom. The van der Waals surface area contributed by atoms with Crippen LogP contribution in [-0.2, 0) is 25.5 Å². The number of carbonyl (C=O) groups excluding carboxylic acids is 2. The number of thiol groups is 1. The number of benzene rings is 2. The summed E-state index contributed by atoms with van der Waals surface area (Å²) in [6.07, 6.45) is 0.0230. The summed E-state index contributed by atoms with van der Waals surface area (Å²) in [7, 11) is 1.28. The standard InChI is InChI=1S/C27H26N2O8S/c1-16-27(35-2,28-22(30)12-17-6-4-3-5-7-17)26(34)29(16)24(25(32)33)19(15-38)14-36-20-10-8-18-9-11-23(31)37-21(18)13-20/h3-11,13,16,38H,12,14-15H2,1-2H3,(H,28,30)(H,32,33)/b24-19-/t16-,27-/m1/s1. The maximum Gasteiger partial charge on any atom is 0.352 e. The summed E-state index contributed by atoms with van der Waals surface area (Å²) < 4.78 is 16.4. The van der Waals surface area contributed by atoms with Gasteiger partial charge in [0.15, 0.2) is 0 Å². The molecule has 1 saturated heterocycles. The number of hydrogen-bond donors (Lipinski definition) is 3. The minimum absolute atomic E-state index is 0.0230. The second-order valence-electron chi connectivity index (χ2n) is 8.66. The molecule has 2 atom stereocenters. The zero-order chi connectivity index (χ0) is 27.4. The molecule has 2 amide bonds. The minimum atomic E-state index is -1.72. The fraction of sp³-hybridized carbons (Fsp3) is 0.259. The van der Waals surface area contributed by atoms with Gasteiger partial charge >= 0.3 is 11.6 Å². The number of nitrogens with one attached hydrogen (secondary N) is 1. The predicted octanol–water partition coefficient (Wildman–Crippen LogP) is 2.37. The van der Waals surface area contributed by atoms with Crippen molar-refractivity contribution in [2.75, 3.05) is 19.5 Å². The average molecular weight is 539 g/mol. The lowest BCUT2D eigenvalue weighted by molar-refractivity contribution is -0.201. The Balaban J connectivity index is 1.54. The van der Waals surface area contributed by atoms with E-state index >= 15 is 0 Å². The first kappa shape index (κ1) is 27.0. The number of nitrogens with zero attached hydrogens (tertiary/aromatic N) is 1. The van der Waals surface area contributed by atoms with Gasteiger partial charge in [0, 0.05) is 36.0 Å². The number of hydrogen-bond acceptors (Lipinski definition) is 8. The Kier molecular flexibility index (Phi) is 7.88. The van der Waals surface area contributed by atoms with Crippen molar-refractivity contribution < 1.29 is 33.4 Å². The number of likely N-dealkylation sites (tertiary alicyclic amines) is 1. The van der Waals surface area contributed by atoms with Gasteiger partial charge in [-0.05, 0) is 30.7 Å². The first-order valence-corrected chi connectivity index (χ1v) is 12.3. The molecule has 38 heavy (non-hydrogen) atoms. The lowest BCUT2D eigenvalue weighted by atomic mass is 9.89. The number of ether oxygens (including phenoxy) is 2. The molecular formula is C27H26N2O8S. The summed E-state index contributed by atoms with van der Waals surface area (Å²) >= 11 is 4.26. The van der Waals surface area contributed by atoms with Crippen molar-refractivity contribution >= 4 is 41.4 Å². The third-order valence-corrected chi connectivity index (χ3v) is 6.73. The summed E-state index contributed by atoms with van der Waals surface area (Å²) in [5.41, 5.74) is -1.26. The van der Waals surface area contributed by atoms with Crippen molar-refractivity contribution in [3.63, 3.8) is 0 Å². The second-order valence-corrected chi connectivity index (χ2v) is 8.98. The molecule has 0 spiro atoms. The van der Waals surface area contributed by atoms with Crippen LogP contribution in [0.4, 0.5) is 0 Å². The zero-order valence-electron chi connectivity index (χ0n) is 20.7. The van der Waals surface area contributed by atoms with Crippen LogP contribution in [0.2, 0.25) is 0 Å². The van der Waals surface area contributed by atoms with E-state index in [0.717, 1.165) is 10.5 Å². The van der Waals surface area contributed by atoms with E-state index in [1.165, 1.54) is 19.2 Å². The number of methoxy groups -OCH3 is 1. The van der Waals surface area contributed by atoms with Gasteiger partial charge in [0.25, 0.3) is 5.91 Å². The first-order chi connectivity index (χ1) is 18.2. The van der Waals surface area contributed by atoms with Crippen LogP contribution in [0, 0.1) is 0 Å². The van der Waals surface area contributed by atoms with Crippen molar-refractivity contribution in [1.29, 1.82) is 0 Å². The molecule has 0 unspecified atom stereocenters. The van der Waals surface area contributed by atoms with Gasteiger partial charge in [-0.2, -0.15) is 12.6 Å². The van der Waals surface area contributed by atoms with Gasteiger partial charge in [0.05, 0.1) is 12.5 Å². The summed E-state index contributed by atoms with van der Waals surface area (Å²) in [5, 5.41) is 13.3. The SMILES string of the molecule is CO[C@@]1(NC(=O)Cc2ccccc2)C(=O)N(/C(C(=O)O)=C(\CS)COc2ccc3ccc(=O)oc3c2)[C@@H]1C. The highest BCUT2D eigenvalue weighted by atomic mass is 32.1. The maximum atomic E-state index is 13.3. The summed E-state index contributed by atoms with van der Waals surface area (Å²) in [6, 6.07) is 15.9. The van der Waals surface area contributed by atoms with Crippen molar-refractivity contribution in [1.82, 2.24) is 10.2 Å². The van der Waals surface area contributed by atoms with Gasteiger partial charge < -0.3 is 24.3 Å². The molecule has 4 rings (SSSR count). The van der Waals surface area contributed by atoms with Crippen LogP contribution in [0.25, 0.3) is 11.0 Å². The molecule has 2 aromatic carbocycles. The highest BCUT2D eigenvalue weighted by Gasteiger charge is 2.62. The number of β-lactam (4-membered cyclic amide) rings is 1. The van der Waals surface area contributed by atoms with E-state index in [9.17, 15) is 24.3 Å². The van der Waals surface area contributed by atoms with Gasteiger partial charge in [0.2, 0.25) is 11.6 Å². The molecule has 1 aliphatic heterocycles. The predicted molar refractivity (Wildman–Crippen MR) is 141 cm³/mol. The van der Waals surface area contributed by atoms with Crippen molar-refractivity contribution in [2.24, 2.45) is 0 Å². The third-order valence-electron chi connectivity index (χ3n) is 6.34. The molecule has 0 aliphatic carbocycles. The Morgan fingerprint density at radius 2 is 1.84 bits per heavy atom. The van der Waals surface area contributed by atoms with E-state index in [-0.39, 0.29) is 30.1 Å². The number of fused-ring (bicyclic) bond motifs is 1. The number of carboxylic acid groups (broad SMARTS) is 1. The number of rotatable bonds is 10. The second kappa shape index (κ2) is 11.1. The van der Waals surface area contributed by atoms with E-state index in [1.807, 2.05) is 6.07 Å². The lowest BCUT2D eigenvalue weighted by Crippen LogP contribution is -2.80. The van der Waals surface area contributed by atoms with Crippen LogP contribution in [0.5, 0.6) is 5.75 Å². The highest BCUT2D eigenvalue weighted by Crippen LogP contribution is 2.36. The van der Waals surface area contributed by atoms with E-state index in [0.29, 0.717) is 16.7 Å². The number of carbonyl (C=O) groups is 3. The Labute approximate surface area is 223 Å². The van der Waals surface area contributed by atoms with Crippen molar-refractivity contribution in [3.05, 3.63) is 87.9 Å². The van der Waals surface area contributed by atoms with Gasteiger partial charge in [-0.3, -0.25) is 14.5 Å². The Bertz CT molecular complexity index is 1470. The number of carboxylic acids is 1. The number of amides is 2. The van der Waals surface area contributed by atoms with Crippen LogP contribution < -0.4 is 15.7 Å². The van der Waals surface area contributed by atoms with Gasteiger partial charge in [-0.1, -0.05) is 30.3 Å². The van der Waals surface area contributed by atoms with Gasteiger partial charge in [0.1, 0.15) is 23.6 Å². The van der Waals surface area contributed by atoms with Crippen LogP contribution in [-0.4, -0.2) is 59.0 Å². The van der Waals surface area contributed by atoms with Crippen molar-refractivity contribution in [3.8, 4) is 5.75 Å².